The zero-order valence-corrected chi connectivity index (χ0v) is 14.0. The zero-order chi connectivity index (χ0) is 18.0. The highest BCUT2D eigenvalue weighted by Crippen LogP contribution is 2.40. The number of anilines is 1. The van der Waals surface area contributed by atoms with Crippen LogP contribution in [0.25, 0.3) is 0 Å². The molecular weight excluding hydrogens is 352 g/mol. The molecule has 2 aromatic carbocycles. The molecule has 0 aliphatic carbocycles. The molecule has 0 aromatic heterocycles. The predicted octanol–water partition coefficient (Wildman–Crippen LogP) is 4.15. The molecule has 0 fully saturated rings. The molecule has 0 bridgehead atoms. The number of hydrogen-bond donors (Lipinski definition) is 1. The smallest absolute Gasteiger partial charge is 0.342 e. The number of aryl methyl sites for hydroxylation is 1. The molecule has 0 amide bonds. The summed E-state index contributed by atoms with van der Waals surface area (Å²) >= 11 is 5.85. The fourth-order valence-corrected chi connectivity index (χ4v) is 3.10. The molecule has 0 atom stereocenters. The van der Waals surface area contributed by atoms with Crippen molar-refractivity contribution in [3.8, 4) is 5.75 Å². The monoisotopic (exact) mass is 367 g/mol. The van der Waals surface area contributed by atoms with E-state index in [0.29, 0.717) is 18.8 Å². The van der Waals surface area contributed by atoms with Crippen LogP contribution in [0.3, 0.4) is 0 Å². The summed E-state index contributed by atoms with van der Waals surface area (Å²) in [7, 11) is 0. The van der Waals surface area contributed by atoms with Crippen LogP contribution in [0.5, 0.6) is 5.75 Å². The molecule has 7 heteroatoms. The fourth-order valence-electron chi connectivity index (χ4n) is 2.90. The van der Waals surface area contributed by atoms with Gasteiger partial charge in [-0.3, -0.25) is 0 Å². The minimum Gasteiger partial charge on any atom is -0.489 e. The molecule has 132 valence electrons. The second kappa shape index (κ2) is 7.27. The lowest BCUT2D eigenvalue weighted by molar-refractivity contribution is 0.0686. The van der Waals surface area contributed by atoms with Gasteiger partial charge in [-0.15, -0.1) is 0 Å². The van der Waals surface area contributed by atoms with Crippen molar-refractivity contribution >= 4 is 23.3 Å². The molecule has 1 aliphatic heterocycles. The summed E-state index contributed by atoms with van der Waals surface area (Å²) in [5.41, 5.74) is 0.957. The van der Waals surface area contributed by atoms with Crippen LogP contribution in [-0.2, 0) is 6.42 Å². The Morgan fingerprint density at radius 3 is 2.68 bits per heavy atom. The van der Waals surface area contributed by atoms with Gasteiger partial charge >= 0.3 is 5.97 Å². The number of rotatable bonds is 5. The first kappa shape index (κ1) is 17.5. The van der Waals surface area contributed by atoms with Crippen molar-refractivity contribution < 1.29 is 23.4 Å². The summed E-state index contributed by atoms with van der Waals surface area (Å²) in [6.45, 7) is 1.44. The highest BCUT2D eigenvalue weighted by atomic mass is 35.5. The molecule has 2 aromatic rings. The highest BCUT2D eigenvalue weighted by Gasteiger charge is 2.29. The van der Waals surface area contributed by atoms with E-state index in [1.807, 2.05) is 4.90 Å². The van der Waals surface area contributed by atoms with Crippen LogP contribution in [0.2, 0.25) is 5.02 Å². The van der Waals surface area contributed by atoms with E-state index < -0.39 is 17.3 Å². The van der Waals surface area contributed by atoms with Crippen molar-refractivity contribution in [1.29, 1.82) is 0 Å². The number of benzene rings is 2. The first-order chi connectivity index (χ1) is 12.0. The molecule has 0 unspecified atom stereocenters. The van der Waals surface area contributed by atoms with Crippen LogP contribution in [0.4, 0.5) is 14.5 Å². The quantitative estimate of drug-likeness (QED) is 0.862. The Labute approximate surface area is 148 Å². The summed E-state index contributed by atoms with van der Waals surface area (Å²) in [6, 6.07) is 7.70. The lowest BCUT2D eigenvalue weighted by Crippen LogP contribution is -2.34. The summed E-state index contributed by atoms with van der Waals surface area (Å²) in [5.74, 6) is -2.66. The third-order valence-corrected chi connectivity index (χ3v) is 4.40. The van der Waals surface area contributed by atoms with Gasteiger partial charge in [0.15, 0.2) is 11.6 Å². The Bertz CT molecular complexity index is 796. The molecule has 1 heterocycles. The molecular formula is C18H16ClF2NO3. The second-order valence-electron chi connectivity index (χ2n) is 5.77. The number of aromatic carboxylic acids is 1. The lowest BCUT2D eigenvalue weighted by Gasteiger charge is -2.32. The molecule has 0 radical (unpaired) electrons. The third kappa shape index (κ3) is 3.69. The molecule has 1 N–H and O–H groups in total. The third-order valence-electron chi connectivity index (χ3n) is 4.12. The van der Waals surface area contributed by atoms with Gasteiger partial charge in [0.2, 0.25) is 0 Å². The Kier molecular flexibility index (Phi) is 5.08. The Morgan fingerprint density at radius 2 is 2.00 bits per heavy atom. The molecule has 0 saturated heterocycles. The number of hydrogen-bond acceptors (Lipinski definition) is 3. The Balaban J connectivity index is 1.77. The van der Waals surface area contributed by atoms with Gasteiger partial charge in [-0.05, 0) is 36.6 Å². The van der Waals surface area contributed by atoms with E-state index in [2.05, 4.69) is 0 Å². The maximum absolute atomic E-state index is 14.0. The number of nitrogens with zero attached hydrogens (tertiary/aromatic N) is 1. The van der Waals surface area contributed by atoms with Crippen LogP contribution in [0, 0.1) is 11.6 Å². The van der Waals surface area contributed by atoms with Gasteiger partial charge in [0.05, 0.1) is 17.3 Å². The van der Waals surface area contributed by atoms with Crippen LogP contribution >= 0.6 is 11.6 Å². The van der Waals surface area contributed by atoms with Crippen LogP contribution in [-0.4, -0.2) is 30.8 Å². The molecule has 4 nitrogen and oxygen atoms in total. The average Bonchev–Trinajstić information content (AvgIpc) is 2.58. The van der Waals surface area contributed by atoms with Gasteiger partial charge in [-0.2, -0.15) is 0 Å². The van der Waals surface area contributed by atoms with E-state index in [1.54, 1.807) is 12.1 Å². The predicted molar refractivity (Wildman–Crippen MR) is 90.8 cm³/mol. The molecule has 25 heavy (non-hydrogen) atoms. The minimum absolute atomic E-state index is 0.0161. The molecule has 1 aliphatic rings. The average molecular weight is 368 g/mol. The Morgan fingerprint density at radius 1 is 1.28 bits per heavy atom. The Hall–Kier alpha value is -2.34. The van der Waals surface area contributed by atoms with Crippen LogP contribution in [0.15, 0.2) is 30.3 Å². The first-order valence-corrected chi connectivity index (χ1v) is 8.22. The van der Waals surface area contributed by atoms with Crippen molar-refractivity contribution in [2.24, 2.45) is 0 Å². The topological polar surface area (TPSA) is 49.8 Å². The number of fused-ring (bicyclic) bond motifs is 1. The lowest BCUT2D eigenvalue weighted by atomic mass is 10.1. The minimum atomic E-state index is -1.41. The molecule has 3 rings (SSSR count). The number of carbonyl (C=O) groups is 1. The standard InChI is InChI=1S/C18H16ClF2NO3/c19-13-10-14-17(15(16(13)21)18(23)24)25-9-8-22(14)7-1-2-11-3-5-12(20)6-4-11/h3-6,10H,1-2,7-9H2,(H,23,24). The van der Waals surface area contributed by atoms with Crippen molar-refractivity contribution in [2.45, 2.75) is 12.8 Å². The summed E-state index contributed by atoms with van der Waals surface area (Å²) < 4.78 is 32.4. The van der Waals surface area contributed by atoms with E-state index in [-0.39, 0.29) is 23.2 Å². The maximum Gasteiger partial charge on any atom is 0.342 e. The number of carboxylic acid groups (broad SMARTS) is 1. The van der Waals surface area contributed by atoms with Gasteiger partial charge < -0.3 is 14.7 Å². The zero-order valence-electron chi connectivity index (χ0n) is 13.3. The summed E-state index contributed by atoms with van der Waals surface area (Å²) in [5, 5.41) is 9.01. The van der Waals surface area contributed by atoms with Crippen LogP contribution in [0.1, 0.15) is 22.3 Å². The summed E-state index contributed by atoms with van der Waals surface area (Å²) in [6.07, 6.45) is 1.51. The van der Waals surface area contributed by atoms with Gasteiger partial charge in [-0.25, -0.2) is 13.6 Å². The van der Waals surface area contributed by atoms with Crippen LogP contribution < -0.4 is 9.64 Å². The number of halogens is 3. The van der Waals surface area contributed by atoms with Crippen molar-refractivity contribution in [3.63, 3.8) is 0 Å². The largest absolute Gasteiger partial charge is 0.489 e. The number of ether oxygens (including phenoxy) is 1. The highest BCUT2D eigenvalue weighted by molar-refractivity contribution is 6.31. The molecule has 0 saturated carbocycles. The summed E-state index contributed by atoms with van der Waals surface area (Å²) in [4.78, 5) is 13.3. The van der Waals surface area contributed by atoms with Gasteiger partial charge in [0, 0.05) is 6.54 Å². The van der Waals surface area contributed by atoms with E-state index in [1.165, 1.54) is 18.2 Å². The first-order valence-electron chi connectivity index (χ1n) is 7.85. The second-order valence-corrected chi connectivity index (χ2v) is 6.17. The van der Waals surface area contributed by atoms with E-state index in [9.17, 15) is 18.7 Å². The normalized spacial score (nSPS) is 13.3. The molecule has 0 spiro atoms. The number of carboxylic acids is 1. The van der Waals surface area contributed by atoms with Gasteiger partial charge in [0.25, 0.3) is 0 Å². The maximum atomic E-state index is 14.0. The van der Waals surface area contributed by atoms with E-state index in [4.69, 9.17) is 16.3 Å². The SMILES string of the molecule is O=C(O)c1c(F)c(Cl)cc2c1OCCN2CCCc1ccc(F)cc1. The van der Waals surface area contributed by atoms with E-state index >= 15 is 0 Å². The van der Waals surface area contributed by atoms with Gasteiger partial charge in [-0.1, -0.05) is 23.7 Å². The van der Waals surface area contributed by atoms with Gasteiger partial charge in [0.1, 0.15) is 18.0 Å². The fraction of sp³-hybridized carbons (Fsp3) is 0.278. The van der Waals surface area contributed by atoms with Crippen molar-refractivity contribution in [1.82, 2.24) is 0 Å². The van der Waals surface area contributed by atoms with Crippen molar-refractivity contribution in [2.75, 3.05) is 24.6 Å². The van der Waals surface area contributed by atoms with E-state index in [0.717, 1.165) is 18.4 Å². The van der Waals surface area contributed by atoms with Crippen molar-refractivity contribution in [3.05, 3.63) is 58.1 Å².